The molecule has 0 saturated heterocycles. The molecule has 0 fully saturated rings. The minimum absolute atomic E-state index is 0.502. The van der Waals surface area contributed by atoms with Gasteiger partial charge < -0.3 is 0 Å². The topological polar surface area (TPSA) is 37.6 Å². The van der Waals surface area contributed by atoms with Gasteiger partial charge in [0.05, 0.1) is 22.5 Å². The standard InChI is InChI=1S/C24H25N3S/c1-9-13-21-20(8)27-22(15-14-19(7)28-23(21)12-4)24(17(5)10-2)26-16-25-18(6)11-3/h9-16H,1-3,5-8H2,4H3/b15-14?,21-13-,23-12+,25-16-,26-24+,27-22?. The zero-order valence-electron chi connectivity index (χ0n) is 16.3. The Morgan fingerprint density at radius 2 is 1.82 bits per heavy atom. The molecule has 0 unspecified atom stereocenters. The minimum atomic E-state index is 0.502. The average Bonchev–Trinajstić information content (AvgIpc) is 2.74. The first-order valence-electron chi connectivity index (χ1n) is 8.43. The molecule has 0 atom stereocenters. The second-order valence-corrected chi connectivity index (χ2v) is 6.63. The van der Waals surface area contributed by atoms with Gasteiger partial charge in [-0.05, 0) is 30.7 Å². The maximum absolute atomic E-state index is 4.70. The van der Waals surface area contributed by atoms with Gasteiger partial charge in [-0.25, -0.2) is 15.0 Å². The highest BCUT2D eigenvalue weighted by atomic mass is 32.1. The van der Waals surface area contributed by atoms with E-state index in [4.69, 9.17) is 4.98 Å². The molecule has 4 heteroatoms. The highest BCUT2D eigenvalue weighted by Gasteiger charge is 2.06. The van der Waals surface area contributed by atoms with E-state index >= 15 is 0 Å². The zero-order valence-corrected chi connectivity index (χ0v) is 17.1. The summed E-state index contributed by atoms with van der Waals surface area (Å²) < 4.78 is 1.84. The molecule has 3 nitrogen and oxygen atoms in total. The van der Waals surface area contributed by atoms with Crippen molar-refractivity contribution in [2.75, 3.05) is 0 Å². The predicted molar refractivity (Wildman–Crippen MR) is 128 cm³/mol. The summed E-state index contributed by atoms with van der Waals surface area (Å²) in [7, 11) is 0. The Morgan fingerprint density at radius 3 is 2.39 bits per heavy atom. The molecular formula is C24H25N3S. The van der Waals surface area contributed by atoms with E-state index in [-0.39, 0.29) is 0 Å². The van der Waals surface area contributed by atoms with E-state index < -0.39 is 0 Å². The van der Waals surface area contributed by atoms with Crippen molar-refractivity contribution < 1.29 is 0 Å². The summed E-state index contributed by atoms with van der Waals surface area (Å²) in [6, 6.07) is 3.71. The van der Waals surface area contributed by atoms with Crippen molar-refractivity contribution in [2.24, 2.45) is 9.98 Å². The molecule has 0 radical (unpaired) electrons. The first-order valence-corrected chi connectivity index (χ1v) is 9.25. The van der Waals surface area contributed by atoms with Crippen molar-refractivity contribution in [2.45, 2.75) is 6.92 Å². The Hall–Kier alpha value is -3.37. The summed E-state index contributed by atoms with van der Waals surface area (Å²) in [5.41, 5.74) is 2.19. The summed E-state index contributed by atoms with van der Waals surface area (Å²) in [4.78, 5) is 13.2. The van der Waals surface area contributed by atoms with Gasteiger partial charge in [-0.2, -0.15) is 0 Å². The van der Waals surface area contributed by atoms with Crippen molar-refractivity contribution in [3.63, 3.8) is 0 Å². The van der Waals surface area contributed by atoms with Crippen LogP contribution in [0.15, 0.2) is 84.5 Å². The average molecular weight is 388 g/mol. The summed E-state index contributed by atoms with van der Waals surface area (Å²) in [5, 5.41) is 1.44. The first kappa shape index (κ1) is 22.7. The quantitative estimate of drug-likeness (QED) is 0.402. The van der Waals surface area contributed by atoms with Crippen LogP contribution in [0.1, 0.15) is 12.6 Å². The zero-order chi connectivity index (χ0) is 21.1. The number of hydrogen-bond donors (Lipinski definition) is 0. The van der Waals surface area contributed by atoms with Gasteiger partial charge in [-0.3, -0.25) is 0 Å². The third-order valence-corrected chi connectivity index (χ3v) is 4.56. The lowest BCUT2D eigenvalue weighted by molar-refractivity contribution is 1.22. The molecule has 1 heterocycles. The van der Waals surface area contributed by atoms with Gasteiger partial charge in [-0.15, -0.1) is 11.3 Å². The molecule has 1 aromatic heterocycles. The number of nitrogens with zero attached hydrogens (tertiary/aromatic N) is 3. The van der Waals surface area contributed by atoms with Crippen LogP contribution in [-0.4, -0.2) is 17.0 Å². The Labute approximate surface area is 170 Å². The van der Waals surface area contributed by atoms with E-state index in [1.54, 1.807) is 18.2 Å². The SMILES string of the molecule is C=C/C=c1/c(=C)nc(/C(=N/C=N\C(=C)C=C)C(=C)C=C)ccc(=C)s/c1=C/C. The van der Waals surface area contributed by atoms with Crippen LogP contribution in [-0.2, 0) is 0 Å². The number of allylic oxidation sites excluding steroid dienone is 4. The molecule has 28 heavy (non-hydrogen) atoms. The van der Waals surface area contributed by atoms with Gasteiger partial charge in [-0.1, -0.05) is 70.4 Å². The fourth-order valence-corrected chi connectivity index (χ4v) is 2.89. The van der Waals surface area contributed by atoms with Crippen molar-refractivity contribution in [1.29, 1.82) is 0 Å². The van der Waals surface area contributed by atoms with Gasteiger partial charge in [0.15, 0.2) is 0 Å². The molecule has 0 bridgehead atoms. The summed E-state index contributed by atoms with van der Waals surface area (Å²) in [6.07, 6.45) is 10.1. The molecular weight excluding hydrogens is 362 g/mol. The van der Waals surface area contributed by atoms with Crippen LogP contribution < -0.4 is 19.6 Å². The third kappa shape index (κ3) is 6.41. The van der Waals surface area contributed by atoms with Gasteiger partial charge in [0.25, 0.3) is 0 Å². The van der Waals surface area contributed by atoms with E-state index in [9.17, 15) is 0 Å². The highest BCUT2D eigenvalue weighted by molar-refractivity contribution is 7.07. The first-order chi connectivity index (χ1) is 13.4. The Morgan fingerprint density at radius 1 is 1.11 bits per heavy atom. The number of aromatic nitrogens is 1. The van der Waals surface area contributed by atoms with Crippen molar-refractivity contribution in [3.8, 4) is 0 Å². The van der Waals surface area contributed by atoms with Crippen LogP contribution in [0.4, 0.5) is 0 Å². The van der Waals surface area contributed by atoms with Crippen molar-refractivity contribution in [3.05, 3.63) is 99.9 Å². The lowest BCUT2D eigenvalue weighted by atomic mass is 10.1. The second-order valence-electron chi connectivity index (χ2n) is 5.46. The maximum atomic E-state index is 4.70. The van der Waals surface area contributed by atoms with E-state index in [1.165, 1.54) is 17.7 Å². The number of hydrogen-bond acceptors (Lipinski definition) is 3. The van der Waals surface area contributed by atoms with Gasteiger partial charge in [0.2, 0.25) is 0 Å². The normalized spacial score (nSPS) is 12.5. The van der Waals surface area contributed by atoms with Crippen molar-refractivity contribution in [1.82, 2.24) is 4.98 Å². The van der Waals surface area contributed by atoms with Crippen LogP contribution >= 0.6 is 11.3 Å². The molecule has 0 aliphatic heterocycles. The fraction of sp³-hybridized carbons (Fsp3) is 0.0417. The molecule has 0 amide bonds. The number of aliphatic imine (C=N–C) groups is 2. The maximum Gasteiger partial charge on any atom is 0.116 e. The molecule has 0 aromatic carbocycles. The van der Waals surface area contributed by atoms with E-state index in [1.807, 2.05) is 31.2 Å². The van der Waals surface area contributed by atoms with Gasteiger partial charge >= 0.3 is 0 Å². The van der Waals surface area contributed by atoms with Gasteiger partial charge in [0, 0.05) is 14.3 Å². The van der Waals surface area contributed by atoms with Crippen LogP contribution in [0, 0.1) is 0 Å². The van der Waals surface area contributed by atoms with Crippen LogP contribution in [0.5, 0.6) is 0 Å². The third-order valence-electron chi connectivity index (χ3n) is 3.49. The summed E-state index contributed by atoms with van der Waals surface area (Å²) in [6.45, 7) is 29.1. The lowest BCUT2D eigenvalue weighted by Crippen LogP contribution is -2.37. The molecule has 0 saturated carbocycles. The molecule has 1 rings (SSSR count). The summed E-state index contributed by atoms with van der Waals surface area (Å²) >= 11 is 1.54. The monoisotopic (exact) mass is 387 g/mol. The summed E-state index contributed by atoms with van der Waals surface area (Å²) in [5.74, 6) is 0. The molecule has 1 aromatic rings. The Balaban J connectivity index is 4.01. The molecule has 0 spiro atoms. The number of rotatable bonds is 7. The molecule has 0 aliphatic rings. The van der Waals surface area contributed by atoms with Crippen LogP contribution in [0.3, 0.4) is 0 Å². The van der Waals surface area contributed by atoms with Gasteiger partial charge in [0.1, 0.15) is 6.34 Å². The smallest absolute Gasteiger partial charge is 0.116 e. The molecule has 0 N–H and O–H groups in total. The molecule has 0 aliphatic carbocycles. The Bertz CT molecular complexity index is 1140. The van der Waals surface area contributed by atoms with Crippen molar-refractivity contribution >= 4 is 48.7 Å². The second kappa shape index (κ2) is 11.4. The van der Waals surface area contributed by atoms with Crippen LogP contribution in [0.2, 0.25) is 0 Å². The van der Waals surface area contributed by atoms with E-state index in [2.05, 4.69) is 56.0 Å². The lowest BCUT2D eigenvalue weighted by Gasteiger charge is -2.03. The Kier molecular flexibility index (Phi) is 9.20. The highest BCUT2D eigenvalue weighted by Crippen LogP contribution is 2.04. The van der Waals surface area contributed by atoms with E-state index in [0.29, 0.717) is 28.0 Å². The predicted octanol–water partition coefficient (Wildman–Crippen LogP) is 3.11. The minimum Gasteiger partial charge on any atom is -0.247 e. The van der Waals surface area contributed by atoms with Crippen LogP contribution in [0.25, 0.3) is 25.3 Å². The molecule has 142 valence electrons. The fourth-order valence-electron chi connectivity index (χ4n) is 2.05. The largest absolute Gasteiger partial charge is 0.247 e. The van der Waals surface area contributed by atoms with E-state index in [0.717, 1.165) is 14.3 Å².